The third kappa shape index (κ3) is 3.32. The first kappa shape index (κ1) is 15.2. The molecule has 1 rings (SSSR count). The first-order chi connectivity index (χ1) is 8.28. The number of rotatable bonds is 4. The second kappa shape index (κ2) is 5.84. The van der Waals surface area contributed by atoms with E-state index in [9.17, 15) is 13.2 Å². The molecule has 104 valence electrons. The average Bonchev–Trinajstić information content (AvgIpc) is 2.31. The van der Waals surface area contributed by atoms with Gasteiger partial charge in [0.2, 0.25) is 15.9 Å². The molecule has 18 heavy (non-hydrogen) atoms. The molecular formula is C12H22N2O3S. The average molecular weight is 274 g/mol. The predicted molar refractivity (Wildman–Crippen MR) is 71.5 cm³/mol. The molecule has 1 aliphatic heterocycles. The lowest BCUT2D eigenvalue weighted by Gasteiger charge is -2.37. The maximum absolute atomic E-state index is 12.0. The molecule has 0 aromatic heterocycles. The molecule has 0 aromatic rings. The zero-order valence-electron chi connectivity index (χ0n) is 11.2. The highest BCUT2D eigenvalue weighted by Gasteiger charge is 2.34. The summed E-state index contributed by atoms with van der Waals surface area (Å²) in [6.45, 7) is 9.66. The fourth-order valence-electron chi connectivity index (χ4n) is 2.09. The van der Waals surface area contributed by atoms with E-state index in [1.54, 1.807) is 13.8 Å². The molecule has 1 saturated heterocycles. The van der Waals surface area contributed by atoms with Crippen LogP contribution in [0.15, 0.2) is 12.7 Å². The maximum Gasteiger partial charge on any atom is 0.243 e. The zero-order chi connectivity index (χ0) is 13.9. The molecule has 2 atom stereocenters. The summed E-state index contributed by atoms with van der Waals surface area (Å²) in [6.07, 6.45) is 1.89. The SMILES string of the molecule is C=CC(=O)NC1CCN(S(=O)(=O)C(C)C)CC1C. The molecule has 0 bridgehead atoms. The van der Waals surface area contributed by atoms with Gasteiger partial charge in [-0.1, -0.05) is 13.5 Å². The molecular weight excluding hydrogens is 252 g/mol. The van der Waals surface area contributed by atoms with Gasteiger partial charge in [0.15, 0.2) is 0 Å². The highest BCUT2D eigenvalue weighted by Crippen LogP contribution is 2.21. The van der Waals surface area contributed by atoms with Crippen molar-refractivity contribution in [2.75, 3.05) is 13.1 Å². The molecule has 0 aromatic carbocycles. The summed E-state index contributed by atoms with van der Waals surface area (Å²) in [6, 6.07) is 0.0223. The fraction of sp³-hybridized carbons (Fsp3) is 0.750. The van der Waals surface area contributed by atoms with Gasteiger partial charge in [0.25, 0.3) is 0 Å². The van der Waals surface area contributed by atoms with Crippen LogP contribution in [0.5, 0.6) is 0 Å². The van der Waals surface area contributed by atoms with Gasteiger partial charge in [0.1, 0.15) is 0 Å². The molecule has 2 unspecified atom stereocenters. The van der Waals surface area contributed by atoms with E-state index in [0.29, 0.717) is 19.5 Å². The number of piperidine rings is 1. The monoisotopic (exact) mass is 274 g/mol. The van der Waals surface area contributed by atoms with Crippen molar-refractivity contribution in [3.05, 3.63) is 12.7 Å². The minimum Gasteiger partial charge on any atom is -0.349 e. The van der Waals surface area contributed by atoms with Crippen LogP contribution in [0, 0.1) is 5.92 Å². The Morgan fingerprint density at radius 1 is 1.50 bits per heavy atom. The molecule has 6 heteroatoms. The van der Waals surface area contributed by atoms with Gasteiger partial charge in [0, 0.05) is 19.1 Å². The van der Waals surface area contributed by atoms with Gasteiger partial charge in [-0.15, -0.1) is 0 Å². The van der Waals surface area contributed by atoms with E-state index in [4.69, 9.17) is 0 Å². The normalized spacial score (nSPS) is 26.0. The lowest BCUT2D eigenvalue weighted by Crippen LogP contribution is -2.52. The number of hydrogen-bond acceptors (Lipinski definition) is 3. The van der Waals surface area contributed by atoms with Crippen LogP contribution in [-0.2, 0) is 14.8 Å². The number of hydrogen-bond donors (Lipinski definition) is 1. The summed E-state index contributed by atoms with van der Waals surface area (Å²) in [4.78, 5) is 11.3. The highest BCUT2D eigenvalue weighted by atomic mass is 32.2. The Kier molecular flexibility index (Phi) is 4.92. The van der Waals surface area contributed by atoms with Crippen molar-refractivity contribution in [2.45, 2.75) is 38.5 Å². The lowest BCUT2D eigenvalue weighted by molar-refractivity contribution is -0.117. The second-order valence-electron chi connectivity index (χ2n) is 5.04. The summed E-state index contributed by atoms with van der Waals surface area (Å²) in [5.74, 6) is -0.0943. The lowest BCUT2D eigenvalue weighted by atomic mass is 9.95. The van der Waals surface area contributed by atoms with Crippen LogP contribution in [0.3, 0.4) is 0 Å². The van der Waals surface area contributed by atoms with E-state index in [2.05, 4.69) is 11.9 Å². The van der Waals surface area contributed by atoms with Gasteiger partial charge in [-0.25, -0.2) is 12.7 Å². The third-order valence-corrected chi connectivity index (χ3v) is 5.58. The molecule has 1 N–H and O–H groups in total. The number of carbonyl (C=O) groups is 1. The van der Waals surface area contributed by atoms with E-state index in [1.165, 1.54) is 10.4 Å². The van der Waals surface area contributed by atoms with Crippen LogP contribution >= 0.6 is 0 Å². The molecule has 0 aliphatic carbocycles. The molecule has 0 radical (unpaired) electrons. The Labute approximate surface area is 109 Å². The van der Waals surface area contributed by atoms with Crippen molar-refractivity contribution >= 4 is 15.9 Å². The topological polar surface area (TPSA) is 66.5 Å². The number of amides is 1. The number of nitrogens with one attached hydrogen (secondary N) is 1. The predicted octanol–water partition coefficient (Wildman–Crippen LogP) is 0.737. The summed E-state index contributed by atoms with van der Waals surface area (Å²) < 4.78 is 25.6. The van der Waals surface area contributed by atoms with Gasteiger partial charge >= 0.3 is 0 Å². The van der Waals surface area contributed by atoms with Crippen molar-refractivity contribution in [1.29, 1.82) is 0 Å². The van der Waals surface area contributed by atoms with Gasteiger partial charge in [-0.05, 0) is 32.3 Å². The van der Waals surface area contributed by atoms with E-state index >= 15 is 0 Å². The Morgan fingerprint density at radius 3 is 2.56 bits per heavy atom. The highest BCUT2D eigenvalue weighted by molar-refractivity contribution is 7.89. The van der Waals surface area contributed by atoms with E-state index in [-0.39, 0.29) is 17.9 Å². The smallest absolute Gasteiger partial charge is 0.243 e. The van der Waals surface area contributed by atoms with Gasteiger partial charge in [0.05, 0.1) is 5.25 Å². The van der Waals surface area contributed by atoms with Gasteiger partial charge in [-0.2, -0.15) is 0 Å². The molecule has 1 heterocycles. The zero-order valence-corrected chi connectivity index (χ0v) is 12.0. The van der Waals surface area contributed by atoms with Crippen LogP contribution < -0.4 is 5.32 Å². The molecule has 0 saturated carbocycles. The van der Waals surface area contributed by atoms with Crippen molar-refractivity contribution < 1.29 is 13.2 Å². The fourth-order valence-corrected chi connectivity index (χ4v) is 3.49. The minimum atomic E-state index is -3.19. The standard InChI is InChI=1S/C12H22N2O3S/c1-5-12(15)13-11-6-7-14(8-10(11)4)18(16,17)9(2)3/h5,9-11H,1,6-8H2,2-4H3,(H,13,15). The van der Waals surface area contributed by atoms with E-state index in [1.807, 2.05) is 6.92 Å². The van der Waals surface area contributed by atoms with Crippen LogP contribution in [0.4, 0.5) is 0 Å². The quantitative estimate of drug-likeness (QED) is 0.769. The minimum absolute atomic E-state index is 0.0223. The summed E-state index contributed by atoms with van der Waals surface area (Å²) in [5, 5.41) is 2.44. The Balaban J connectivity index is 2.67. The molecule has 5 nitrogen and oxygen atoms in total. The Morgan fingerprint density at radius 2 is 2.11 bits per heavy atom. The third-order valence-electron chi connectivity index (χ3n) is 3.34. The number of sulfonamides is 1. The summed E-state index contributed by atoms with van der Waals surface area (Å²) in [7, 11) is -3.19. The van der Waals surface area contributed by atoms with Crippen LogP contribution in [0.2, 0.25) is 0 Å². The van der Waals surface area contributed by atoms with E-state index in [0.717, 1.165) is 0 Å². The second-order valence-corrected chi connectivity index (χ2v) is 7.53. The van der Waals surface area contributed by atoms with E-state index < -0.39 is 15.3 Å². The van der Waals surface area contributed by atoms with Crippen molar-refractivity contribution in [3.8, 4) is 0 Å². The van der Waals surface area contributed by atoms with Crippen molar-refractivity contribution in [2.24, 2.45) is 5.92 Å². The Hall–Kier alpha value is -0.880. The largest absolute Gasteiger partial charge is 0.349 e. The molecule has 1 aliphatic rings. The van der Waals surface area contributed by atoms with Gasteiger partial charge in [-0.3, -0.25) is 4.79 Å². The maximum atomic E-state index is 12.0. The van der Waals surface area contributed by atoms with Crippen molar-refractivity contribution in [3.63, 3.8) is 0 Å². The Bertz CT molecular complexity index is 417. The molecule has 0 spiro atoms. The van der Waals surface area contributed by atoms with Crippen LogP contribution in [0.1, 0.15) is 27.2 Å². The van der Waals surface area contributed by atoms with Gasteiger partial charge < -0.3 is 5.32 Å². The van der Waals surface area contributed by atoms with Crippen LogP contribution in [-0.4, -0.2) is 43.0 Å². The number of nitrogens with zero attached hydrogens (tertiary/aromatic N) is 1. The summed E-state index contributed by atoms with van der Waals surface area (Å²) in [5.41, 5.74) is 0. The summed E-state index contributed by atoms with van der Waals surface area (Å²) >= 11 is 0. The van der Waals surface area contributed by atoms with Crippen molar-refractivity contribution in [1.82, 2.24) is 9.62 Å². The first-order valence-corrected chi connectivity index (χ1v) is 7.71. The molecule has 1 fully saturated rings. The first-order valence-electron chi connectivity index (χ1n) is 6.21. The molecule has 1 amide bonds. The van der Waals surface area contributed by atoms with Crippen LogP contribution in [0.25, 0.3) is 0 Å². The number of carbonyl (C=O) groups excluding carboxylic acids is 1.